The molecule has 5 heteroatoms. The number of aromatic amines is 1. The molecule has 0 amide bonds. The highest BCUT2D eigenvalue weighted by Crippen LogP contribution is 2.27. The topological polar surface area (TPSA) is 46.7 Å². The minimum Gasteiger partial charge on any atom is -0.374 e. The first-order valence-corrected chi connectivity index (χ1v) is 10.6. The number of likely N-dealkylation sites (N-methyl/N-ethyl adjacent to an activating group) is 1. The number of rotatable bonds is 6. The average Bonchev–Trinajstić information content (AvgIpc) is 3.33. The highest BCUT2D eigenvalue weighted by molar-refractivity contribution is 5.82. The average molecular weight is 402 g/mol. The Labute approximate surface area is 179 Å². The number of guanidine groups is 1. The molecular formula is C25H31N5. The Morgan fingerprint density at radius 3 is 2.93 bits per heavy atom. The summed E-state index contributed by atoms with van der Waals surface area (Å²) in [7, 11) is 4.23. The number of nitrogens with one attached hydrogen (secondary N) is 2. The van der Waals surface area contributed by atoms with Crippen LogP contribution in [0.5, 0.6) is 0 Å². The lowest BCUT2D eigenvalue weighted by Crippen LogP contribution is -2.42. The van der Waals surface area contributed by atoms with Crippen LogP contribution in [0.25, 0.3) is 10.9 Å². The van der Waals surface area contributed by atoms with E-state index in [0.717, 1.165) is 31.0 Å². The number of benzene rings is 2. The molecule has 156 valence electrons. The van der Waals surface area contributed by atoms with Gasteiger partial charge in [0.15, 0.2) is 5.96 Å². The number of aromatic nitrogens is 1. The Bertz CT molecular complexity index is 1030. The number of nitrogens with zero attached hydrogens (tertiary/aromatic N) is 3. The molecule has 2 aromatic carbocycles. The fraction of sp³-hybridized carbons (Fsp3) is 0.320. The molecule has 5 nitrogen and oxygen atoms in total. The predicted octanol–water partition coefficient (Wildman–Crippen LogP) is 4.31. The molecule has 1 aliphatic rings. The molecule has 0 spiro atoms. The van der Waals surface area contributed by atoms with Gasteiger partial charge in [0.2, 0.25) is 0 Å². The van der Waals surface area contributed by atoms with Gasteiger partial charge >= 0.3 is 0 Å². The van der Waals surface area contributed by atoms with Gasteiger partial charge in [0.1, 0.15) is 0 Å². The Kier molecular flexibility index (Phi) is 5.79. The van der Waals surface area contributed by atoms with Crippen molar-refractivity contribution in [2.45, 2.75) is 32.5 Å². The van der Waals surface area contributed by atoms with E-state index in [9.17, 15) is 0 Å². The molecule has 2 heterocycles. The molecule has 30 heavy (non-hydrogen) atoms. The second kappa shape index (κ2) is 8.66. The summed E-state index contributed by atoms with van der Waals surface area (Å²) in [5.74, 6) is 0.874. The molecule has 0 saturated heterocycles. The van der Waals surface area contributed by atoms with Crippen molar-refractivity contribution in [1.82, 2.24) is 15.2 Å². The van der Waals surface area contributed by atoms with E-state index in [1.165, 1.54) is 27.9 Å². The molecule has 0 radical (unpaired) electrons. The van der Waals surface area contributed by atoms with E-state index in [0.29, 0.717) is 6.54 Å². The fourth-order valence-corrected chi connectivity index (χ4v) is 3.97. The summed E-state index contributed by atoms with van der Waals surface area (Å²) in [6.45, 7) is 8.49. The molecule has 0 aliphatic carbocycles. The summed E-state index contributed by atoms with van der Waals surface area (Å²) in [5.41, 5.74) is 6.34. The Hall–Kier alpha value is -3.21. The summed E-state index contributed by atoms with van der Waals surface area (Å²) in [4.78, 5) is 12.9. The summed E-state index contributed by atoms with van der Waals surface area (Å²) in [6.07, 6.45) is 3.01. The second-order valence-electron chi connectivity index (χ2n) is 8.18. The first-order chi connectivity index (χ1) is 14.5. The van der Waals surface area contributed by atoms with Gasteiger partial charge in [0, 0.05) is 43.6 Å². The van der Waals surface area contributed by atoms with Gasteiger partial charge < -0.3 is 20.1 Å². The number of H-pyrrole nitrogens is 1. The standard InChI is InChI=1S/C25H31N5/c1-5-18(2)27-25(26-16-19-10-11-24-21(14-19)12-13-29(24)3)30(4)17-22-15-20-8-6-7-9-23(20)28-22/h5-11,14-15,18,28H,1,12-13,16-17H2,2-4H3,(H,26,27). The van der Waals surface area contributed by atoms with Crippen molar-refractivity contribution in [2.75, 3.05) is 25.5 Å². The summed E-state index contributed by atoms with van der Waals surface area (Å²) < 4.78 is 0. The summed E-state index contributed by atoms with van der Waals surface area (Å²) >= 11 is 0. The molecule has 3 aromatic rings. The molecule has 0 bridgehead atoms. The number of aliphatic imine (C=N–C) groups is 1. The number of hydrogen-bond donors (Lipinski definition) is 2. The third-order valence-corrected chi connectivity index (χ3v) is 5.75. The van der Waals surface area contributed by atoms with Crippen LogP contribution in [0.2, 0.25) is 0 Å². The van der Waals surface area contributed by atoms with Gasteiger partial charge in [-0.1, -0.05) is 36.4 Å². The minimum atomic E-state index is 0.141. The van der Waals surface area contributed by atoms with Crippen molar-refractivity contribution >= 4 is 22.5 Å². The second-order valence-corrected chi connectivity index (χ2v) is 8.18. The lowest BCUT2D eigenvalue weighted by Gasteiger charge is -2.24. The SMILES string of the molecule is C=CC(C)NC(=NCc1ccc2c(c1)CCN2C)N(C)Cc1cc2ccccc2[nH]1. The number of hydrogen-bond acceptors (Lipinski definition) is 2. The lowest BCUT2D eigenvalue weighted by molar-refractivity contribution is 0.465. The van der Waals surface area contributed by atoms with Crippen LogP contribution in [0.15, 0.2) is 66.2 Å². The van der Waals surface area contributed by atoms with Gasteiger partial charge in [0.25, 0.3) is 0 Å². The molecule has 1 aromatic heterocycles. The van der Waals surface area contributed by atoms with E-state index in [4.69, 9.17) is 4.99 Å². The van der Waals surface area contributed by atoms with Crippen LogP contribution in [0, 0.1) is 0 Å². The lowest BCUT2D eigenvalue weighted by atomic mass is 10.1. The van der Waals surface area contributed by atoms with Crippen LogP contribution in [0.1, 0.15) is 23.7 Å². The zero-order chi connectivity index (χ0) is 21.1. The van der Waals surface area contributed by atoms with Crippen molar-refractivity contribution in [2.24, 2.45) is 4.99 Å². The van der Waals surface area contributed by atoms with Crippen molar-refractivity contribution in [3.63, 3.8) is 0 Å². The fourth-order valence-electron chi connectivity index (χ4n) is 3.97. The van der Waals surface area contributed by atoms with Crippen LogP contribution < -0.4 is 10.2 Å². The minimum absolute atomic E-state index is 0.141. The monoisotopic (exact) mass is 401 g/mol. The molecule has 2 N–H and O–H groups in total. The first kappa shape index (κ1) is 20.1. The van der Waals surface area contributed by atoms with Gasteiger partial charge in [-0.05, 0) is 48.1 Å². The Balaban J connectivity index is 1.52. The predicted molar refractivity (Wildman–Crippen MR) is 127 cm³/mol. The number of para-hydroxylation sites is 1. The molecule has 1 unspecified atom stereocenters. The van der Waals surface area contributed by atoms with Gasteiger partial charge in [-0.25, -0.2) is 4.99 Å². The van der Waals surface area contributed by atoms with E-state index in [-0.39, 0.29) is 6.04 Å². The normalized spacial score (nSPS) is 14.6. The molecular weight excluding hydrogens is 370 g/mol. The maximum Gasteiger partial charge on any atom is 0.194 e. The summed E-state index contributed by atoms with van der Waals surface area (Å²) in [5, 5.41) is 4.72. The third-order valence-electron chi connectivity index (χ3n) is 5.75. The quantitative estimate of drug-likeness (QED) is 0.368. The van der Waals surface area contributed by atoms with Gasteiger partial charge in [-0.15, -0.1) is 6.58 Å². The van der Waals surface area contributed by atoms with E-state index in [2.05, 4.69) is 96.2 Å². The van der Waals surface area contributed by atoms with Crippen molar-refractivity contribution in [1.29, 1.82) is 0 Å². The van der Waals surface area contributed by atoms with E-state index < -0.39 is 0 Å². The first-order valence-electron chi connectivity index (χ1n) is 10.6. The van der Waals surface area contributed by atoms with Crippen molar-refractivity contribution < 1.29 is 0 Å². The molecule has 1 aliphatic heterocycles. The Morgan fingerprint density at radius 2 is 2.13 bits per heavy atom. The smallest absolute Gasteiger partial charge is 0.194 e. The van der Waals surface area contributed by atoms with Gasteiger partial charge in [-0.2, -0.15) is 0 Å². The van der Waals surface area contributed by atoms with E-state index in [1.807, 2.05) is 6.08 Å². The van der Waals surface area contributed by atoms with E-state index >= 15 is 0 Å². The van der Waals surface area contributed by atoms with Crippen molar-refractivity contribution in [3.05, 3.63) is 78.0 Å². The summed E-state index contributed by atoms with van der Waals surface area (Å²) in [6, 6.07) is 17.4. The van der Waals surface area contributed by atoms with Crippen molar-refractivity contribution in [3.8, 4) is 0 Å². The molecule has 1 atom stereocenters. The van der Waals surface area contributed by atoms with Crippen LogP contribution >= 0.6 is 0 Å². The third kappa shape index (κ3) is 4.35. The zero-order valence-electron chi connectivity index (χ0n) is 18.2. The molecule has 0 saturated carbocycles. The largest absolute Gasteiger partial charge is 0.374 e. The van der Waals surface area contributed by atoms with Gasteiger partial charge in [0.05, 0.1) is 13.1 Å². The Morgan fingerprint density at radius 1 is 1.30 bits per heavy atom. The van der Waals surface area contributed by atoms with Crippen LogP contribution in [-0.2, 0) is 19.5 Å². The zero-order valence-corrected chi connectivity index (χ0v) is 18.2. The molecule has 0 fully saturated rings. The highest BCUT2D eigenvalue weighted by Gasteiger charge is 2.16. The van der Waals surface area contributed by atoms with Gasteiger partial charge in [-0.3, -0.25) is 0 Å². The highest BCUT2D eigenvalue weighted by atomic mass is 15.3. The number of fused-ring (bicyclic) bond motifs is 2. The molecule has 4 rings (SSSR count). The van der Waals surface area contributed by atoms with Crippen LogP contribution in [0.4, 0.5) is 5.69 Å². The van der Waals surface area contributed by atoms with Crippen LogP contribution in [-0.4, -0.2) is 42.5 Å². The number of anilines is 1. The van der Waals surface area contributed by atoms with E-state index in [1.54, 1.807) is 0 Å². The maximum absolute atomic E-state index is 4.93. The van der Waals surface area contributed by atoms with Crippen LogP contribution in [0.3, 0.4) is 0 Å². The maximum atomic E-state index is 4.93.